The molecule has 0 saturated carbocycles. The van der Waals surface area contributed by atoms with Gasteiger partial charge in [0.15, 0.2) is 0 Å². The number of hydrogen-bond acceptors (Lipinski definition) is 7. The summed E-state index contributed by atoms with van der Waals surface area (Å²) in [6.45, 7) is 0.365. The van der Waals surface area contributed by atoms with Crippen LogP contribution in [0, 0.1) is 5.82 Å². The van der Waals surface area contributed by atoms with Crippen LogP contribution in [0.5, 0.6) is 5.75 Å². The van der Waals surface area contributed by atoms with Crippen molar-refractivity contribution in [3.63, 3.8) is 0 Å². The lowest BCUT2D eigenvalue weighted by molar-refractivity contribution is -0.145. The Morgan fingerprint density at radius 3 is 2.35 bits per heavy atom. The van der Waals surface area contributed by atoms with Crippen molar-refractivity contribution in [3.8, 4) is 17.1 Å². The molecule has 1 atom stereocenters. The fourth-order valence-corrected chi connectivity index (χ4v) is 6.18. The molecule has 0 aliphatic heterocycles. The number of anilines is 2. The van der Waals surface area contributed by atoms with Crippen molar-refractivity contribution in [2.45, 2.75) is 25.4 Å². The fourth-order valence-electron chi connectivity index (χ4n) is 5.64. The predicted molar refractivity (Wildman–Crippen MR) is 202 cm³/mol. The number of esters is 1. The van der Waals surface area contributed by atoms with Crippen LogP contribution >= 0.6 is 15.9 Å². The highest BCUT2D eigenvalue weighted by Gasteiger charge is 2.22. The molecule has 4 N–H and O–H groups in total. The van der Waals surface area contributed by atoms with Crippen LogP contribution < -0.4 is 20.7 Å². The highest BCUT2D eigenvalue weighted by Crippen LogP contribution is 2.27. The molecule has 52 heavy (non-hydrogen) atoms. The van der Waals surface area contributed by atoms with Crippen molar-refractivity contribution in [2.75, 3.05) is 24.9 Å². The number of carbonyl (C=O) groups is 3. The summed E-state index contributed by atoms with van der Waals surface area (Å²) in [6, 6.07) is 31.2. The molecule has 10 nitrogen and oxygen atoms in total. The SMILES string of the molecule is COC(=O)C(Cc1ccccc1)NC(=O)Cc1ccc2nc(-c3ccc(NCc4ccc(NC(=O)c5ccc(OC)c(Br)c5)cc4)c(F)c3)[nH]c2c1. The third-order valence-corrected chi connectivity index (χ3v) is 8.99. The van der Waals surface area contributed by atoms with Gasteiger partial charge in [0.1, 0.15) is 23.4 Å². The third-order valence-electron chi connectivity index (χ3n) is 8.37. The van der Waals surface area contributed by atoms with Gasteiger partial charge in [0.05, 0.1) is 41.8 Å². The van der Waals surface area contributed by atoms with Gasteiger partial charge >= 0.3 is 5.97 Å². The van der Waals surface area contributed by atoms with Crippen molar-refractivity contribution < 1.29 is 28.2 Å². The van der Waals surface area contributed by atoms with E-state index >= 15 is 4.39 Å². The summed E-state index contributed by atoms with van der Waals surface area (Å²) in [5.74, 6) is -0.423. The monoisotopic (exact) mass is 763 g/mol. The van der Waals surface area contributed by atoms with Crippen LogP contribution in [0.3, 0.4) is 0 Å². The number of carbonyl (C=O) groups excluding carboxylic acids is 3. The molecule has 1 aromatic heterocycles. The molecule has 0 radical (unpaired) electrons. The molecule has 6 aromatic rings. The second-order valence-electron chi connectivity index (χ2n) is 12.0. The number of rotatable bonds is 13. The molecule has 5 aromatic carbocycles. The smallest absolute Gasteiger partial charge is 0.328 e. The molecule has 264 valence electrons. The van der Waals surface area contributed by atoms with Crippen molar-refractivity contribution >= 4 is 56.1 Å². The standard InChI is InChI=1S/C40H35BrFN5O5/c1-51-36-17-12-28(21-30(36)41)39(49)44-29-13-8-25(9-14-29)23-43-32-16-11-27(22-31(32)42)38-46-33-15-10-26(19-34(33)47-38)20-37(48)45-35(40(50)52-2)18-24-6-4-3-5-7-24/h3-17,19,21-22,35,43H,18,20,23H2,1-2H3,(H,44,49)(H,45,48)(H,46,47). The third kappa shape index (κ3) is 8.82. The van der Waals surface area contributed by atoms with Gasteiger partial charge in [0.2, 0.25) is 5.91 Å². The Balaban J connectivity index is 1.05. The zero-order chi connectivity index (χ0) is 36.6. The van der Waals surface area contributed by atoms with Crippen molar-refractivity contribution in [3.05, 3.63) is 142 Å². The molecule has 0 aliphatic carbocycles. The topological polar surface area (TPSA) is 134 Å². The number of aromatic nitrogens is 2. The van der Waals surface area contributed by atoms with Crippen LogP contribution in [0.4, 0.5) is 15.8 Å². The van der Waals surface area contributed by atoms with Crippen LogP contribution in [0.25, 0.3) is 22.4 Å². The van der Waals surface area contributed by atoms with Crippen LogP contribution in [0.1, 0.15) is 27.0 Å². The molecule has 2 amide bonds. The van der Waals surface area contributed by atoms with E-state index in [1.54, 1.807) is 61.7 Å². The lowest BCUT2D eigenvalue weighted by Crippen LogP contribution is -2.43. The van der Waals surface area contributed by atoms with Gasteiger partial charge in [-0.1, -0.05) is 48.5 Å². The number of aromatic amines is 1. The molecule has 0 spiro atoms. The summed E-state index contributed by atoms with van der Waals surface area (Å²) >= 11 is 3.40. The second kappa shape index (κ2) is 16.3. The summed E-state index contributed by atoms with van der Waals surface area (Å²) in [5.41, 5.74) is 5.86. The molecule has 0 fully saturated rings. The van der Waals surface area contributed by atoms with E-state index in [1.165, 1.54) is 13.2 Å². The first kappa shape index (κ1) is 35.8. The molecule has 12 heteroatoms. The molecule has 0 saturated heterocycles. The normalized spacial score (nSPS) is 11.5. The van der Waals surface area contributed by atoms with Crippen molar-refractivity contribution in [1.82, 2.24) is 15.3 Å². The molecular formula is C40H35BrFN5O5. The van der Waals surface area contributed by atoms with Gasteiger partial charge in [-0.2, -0.15) is 0 Å². The minimum Gasteiger partial charge on any atom is -0.496 e. The van der Waals surface area contributed by atoms with Gasteiger partial charge in [-0.05, 0) is 93.3 Å². The molecular weight excluding hydrogens is 729 g/mol. The summed E-state index contributed by atoms with van der Waals surface area (Å²) in [6.07, 6.45) is 0.354. The van der Waals surface area contributed by atoms with Crippen LogP contribution in [-0.2, 0) is 33.7 Å². The van der Waals surface area contributed by atoms with E-state index in [0.717, 1.165) is 16.7 Å². The maximum Gasteiger partial charge on any atom is 0.328 e. The first-order chi connectivity index (χ1) is 25.2. The van der Waals surface area contributed by atoms with Gasteiger partial charge in [-0.15, -0.1) is 0 Å². The van der Waals surface area contributed by atoms with E-state index in [2.05, 4.69) is 41.8 Å². The Kier molecular flexibility index (Phi) is 11.3. The zero-order valence-corrected chi connectivity index (χ0v) is 29.9. The van der Waals surface area contributed by atoms with E-state index in [-0.39, 0.29) is 18.2 Å². The van der Waals surface area contributed by atoms with Crippen LogP contribution in [0.2, 0.25) is 0 Å². The number of methoxy groups -OCH3 is 2. The second-order valence-corrected chi connectivity index (χ2v) is 12.8. The Bertz CT molecular complexity index is 2230. The lowest BCUT2D eigenvalue weighted by atomic mass is 10.1. The van der Waals surface area contributed by atoms with Gasteiger partial charge in [0.25, 0.3) is 5.91 Å². The fraction of sp³-hybridized carbons (Fsp3) is 0.150. The lowest BCUT2D eigenvalue weighted by Gasteiger charge is -2.16. The number of halogens is 2. The number of amides is 2. The minimum absolute atomic E-state index is 0.0424. The number of ether oxygens (including phenoxy) is 2. The predicted octanol–water partition coefficient (Wildman–Crippen LogP) is 7.45. The zero-order valence-electron chi connectivity index (χ0n) is 28.3. The molecule has 6 rings (SSSR count). The maximum atomic E-state index is 15.2. The van der Waals surface area contributed by atoms with E-state index in [9.17, 15) is 14.4 Å². The number of imidazole rings is 1. The van der Waals surface area contributed by atoms with E-state index in [4.69, 9.17) is 9.47 Å². The minimum atomic E-state index is -0.816. The van der Waals surface area contributed by atoms with Gasteiger partial charge < -0.3 is 30.4 Å². The van der Waals surface area contributed by atoms with E-state index in [0.29, 0.717) is 62.5 Å². The first-order valence-electron chi connectivity index (χ1n) is 16.4. The van der Waals surface area contributed by atoms with Gasteiger partial charge in [-0.25, -0.2) is 14.2 Å². The molecule has 1 unspecified atom stereocenters. The first-order valence-corrected chi connectivity index (χ1v) is 17.2. The number of fused-ring (bicyclic) bond motifs is 1. The Morgan fingerprint density at radius 1 is 0.865 bits per heavy atom. The highest BCUT2D eigenvalue weighted by molar-refractivity contribution is 9.10. The van der Waals surface area contributed by atoms with Crippen LogP contribution in [-0.4, -0.2) is 48.0 Å². The average molecular weight is 765 g/mol. The van der Waals surface area contributed by atoms with E-state index in [1.807, 2.05) is 48.5 Å². The Hall–Kier alpha value is -6.01. The van der Waals surface area contributed by atoms with Crippen molar-refractivity contribution in [1.29, 1.82) is 0 Å². The number of nitrogens with zero attached hydrogens (tertiary/aromatic N) is 1. The maximum absolute atomic E-state index is 15.2. The number of benzene rings is 5. The Morgan fingerprint density at radius 2 is 1.63 bits per heavy atom. The Labute approximate surface area is 307 Å². The number of H-pyrrole nitrogens is 1. The van der Waals surface area contributed by atoms with Crippen LogP contribution in [0.15, 0.2) is 114 Å². The molecule has 1 heterocycles. The summed E-state index contributed by atoms with van der Waals surface area (Å²) < 4.78 is 26.0. The largest absolute Gasteiger partial charge is 0.496 e. The highest BCUT2D eigenvalue weighted by atomic mass is 79.9. The van der Waals surface area contributed by atoms with Crippen molar-refractivity contribution in [2.24, 2.45) is 0 Å². The summed E-state index contributed by atoms with van der Waals surface area (Å²) in [4.78, 5) is 45.8. The summed E-state index contributed by atoms with van der Waals surface area (Å²) in [7, 11) is 2.85. The molecule has 0 bridgehead atoms. The van der Waals surface area contributed by atoms with E-state index < -0.39 is 17.8 Å². The number of hydrogen-bond donors (Lipinski definition) is 4. The summed E-state index contributed by atoms with van der Waals surface area (Å²) in [5, 5.41) is 8.78. The van der Waals surface area contributed by atoms with Gasteiger partial charge in [0, 0.05) is 29.8 Å². The quantitative estimate of drug-likeness (QED) is 0.0899. The van der Waals surface area contributed by atoms with Gasteiger partial charge in [-0.3, -0.25) is 9.59 Å². The molecule has 0 aliphatic rings. The number of nitrogens with one attached hydrogen (secondary N) is 4. The average Bonchev–Trinajstić information content (AvgIpc) is 3.58.